The molecule has 1 aromatic heterocycles. The Morgan fingerprint density at radius 3 is 2.50 bits per heavy atom. The maximum atomic E-state index is 12.3. The van der Waals surface area contributed by atoms with Gasteiger partial charge in [0.15, 0.2) is 0 Å². The number of carbonyl (C=O) groups is 2. The van der Waals surface area contributed by atoms with Crippen LogP contribution in [-0.4, -0.2) is 18.4 Å². The second-order valence-corrected chi connectivity index (χ2v) is 5.73. The Morgan fingerprint density at radius 1 is 1.18 bits per heavy atom. The predicted octanol–water partition coefficient (Wildman–Crippen LogP) is 2.96. The molecular weight excluding hydrogens is 296 g/mol. The van der Waals surface area contributed by atoms with E-state index < -0.39 is 0 Å². The highest BCUT2D eigenvalue weighted by Crippen LogP contribution is 2.13. The molecule has 5 heteroatoms. The number of carbonyl (C=O) groups excluding carboxylic acids is 2. The highest BCUT2D eigenvalue weighted by Gasteiger charge is 2.14. The number of benzene rings is 1. The van der Waals surface area contributed by atoms with Gasteiger partial charge in [0.25, 0.3) is 11.8 Å². The molecule has 2 amide bonds. The SMILES string of the molecule is CCNC(=O)/C(=C/c1cccs1)NC(=O)c1ccc(C)cc1. The summed E-state index contributed by atoms with van der Waals surface area (Å²) in [4.78, 5) is 25.3. The van der Waals surface area contributed by atoms with Gasteiger partial charge in [-0.15, -0.1) is 11.3 Å². The lowest BCUT2D eigenvalue weighted by Gasteiger charge is -2.10. The van der Waals surface area contributed by atoms with E-state index >= 15 is 0 Å². The lowest BCUT2D eigenvalue weighted by Crippen LogP contribution is -2.34. The van der Waals surface area contributed by atoms with E-state index in [1.807, 2.05) is 43.5 Å². The lowest BCUT2D eigenvalue weighted by molar-refractivity contribution is -0.117. The molecule has 1 aromatic carbocycles. The Kier molecular flexibility index (Phi) is 5.49. The minimum atomic E-state index is -0.297. The monoisotopic (exact) mass is 314 g/mol. The van der Waals surface area contributed by atoms with Crippen LogP contribution >= 0.6 is 11.3 Å². The molecule has 114 valence electrons. The maximum Gasteiger partial charge on any atom is 0.267 e. The molecule has 0 saturated heterocycles. The van der Waals surface area contributed by atoms with Gasteiger partial charge < -0.3 is 10.6 Å². The van der Waals surface area contributed by atoms with Crippen molar-refractivity contribution in [1.29, 1.82) is 0 Å². The van der Waals surface area contributed by atoms with Gasteiger partial charge in [-0.3, -0.25) is 9.59 Å². The summed E-state index contributed by atoms with van der Waals surface area (Å²) in [6.07, 6.45) is 1.68. The van der Waals surface area contributed by atoms with Gasteiger partial charge in [-0.05, 0) is 43.5 Å². The number of hydrogen-bond donors (Lipinski definition) is 2. The molecule has 0 aliphatic rings. The smallest absolute Gasteiger partial charge is 0.267 e. The van der Waals surface area contributed by atoms with Gasteiger partial charge in [0, 0.05) is 17.0 Å². The third kappa shape index (κ3) is 4.30. The number of thiophene rings is 1. The number of likely N-dealkylation sites (N-methyl/N-ethyl adjacent to an activating group) is 1. The first kappa shape index (κ1) is 16.0. The van der Waals surface area contributed by atoms with Crippen molar-refractivity contribution in [2.24, 2.45) is 0 Å². The largest absolute Gasteiger partial charge is 0.351 e. The molecule has 0 bridgehead atoms. The Hall–Kier alpha value is -2.40. The van der Waals surface area contributed by atoms with Crippen molar-refractivity contribution >= 4 is 29.2 Å². The molecule has 0 atom stereocenters. The van der Waals surface area contributed by atoms with Crippen LogP contribution in [-0.2, 0) is 4.79 Å². The molecule has 2 aromatic rings. The molecule has 0 saturated carbocycles. The van der Waals surface area contributed by atoms with Crippen LogP contribution in [0.3, 0.4) is 0 Å². The van der Waals surface area contributed by atoms with E-state index in [1.165, 1.54) is 11.3 Å². The van der Waals surface area contributed by atoms with Gasteiger partial charge in [-0.1, -0.05) is 23.8 Å². The molecule has 22 heavy (non-hydrogen) atoms. The Labute approximate surface area is 133 Å². The summed E-state index contributed by atoms with van der Waals surface area (Å²) in [5.41, 5.74) is 1.84. The summed E-state index contributed by atoms with van der Waals surface area (Å²) in [7, 11) is 0. The fourth-order valence-corrected chi connectivity index (χ4v) is 2.49. The highest BCUT2D eigenvalue weighted by molar-refractivity contribution is 7.10. The van der Waals surface area contributed by atoms with E-state index in [1.54, 1.807) is 18.2 Å². The summed E-state index contributed by atoms with van der Waals surface area (Å²) >= 11 is 1.50. The van der Waals surface area contributed by atoms with Crippen LogP contribution in [0.4, 0.5) is 0 Å². The first-order valence-corrected chi connectivity index (χ1v) is 7.89. The number of hydrogen-bond acceptors (Lipinski definition) is 3. The van der Waals surface area contributed by atoms with Gasteiger partial charge in [0.05, 0.1) is 0 Å². The van der Waals surface area contributed by atoms with Crippen LogP contribution in [0, 0.1) is 6.92 Å². The molecule has 0 fully saturated rings. The molecule has 0 unspecified atom stereocenters. The quantitative estimate of drug-likeness (QED) is 0.834. The van der Waals surface area contributed by atoms with Gasteiger partial charge in [-0.25, -0.2) is 0 Å². The maximum absolute atomic E-state index is 12.3. The minimum absolute atomic E-state index is 0.245. The van der Waals surface area contributed by atoms with E-state index in [0.29, 0.717) is 12.1 Å². The van der Waals surface area contributed by atoms with Crippen molar-refractivity contribution in [1.82, 2.24) is 10.6 Å². The van der Waals surface area contributed by atoms with Crippen molar-refractivity contribution in [2.45, 2.75) is 13.8 Å². The molecular formula is C17H18N2O2S. The molecule has 0 radical (unpaired) electrons. The molecule has 0 spiro atoms. The van der Waals surface area contributed by atoms with Crippen LogP contribution in [0.1, 0.15) is 27.7 Å². The molecule has 0 aliphatic carbocycles. The van der Waals surface area contributed by atoms with Crippen LogP contribution in [0.15, 0.2) is 47.5 Å². The molecule has 0 aliphatic heterocycles. The average Bonchev–Trinajstić information content (AvgIpc) is 3.00. The Balaban J connectivity index is 2.20. The third-order valence-corrected chi connectivity index (χ3v) is 3.79. The van der Waals surface area contributed by atoms with E-state index in [4.69, 9.17) is 0 Å². The summed E-state index contributed by atoms with van der Waals surface area (Å²) in [6.45, 7) is 4.29. The Bertz CT molecular complexity index is 673. The molecule has 1 heterocycles. The predicted molar refractivity (Wildman–Crippen MR) is 89.6 cm³/mol. The van der Waals surface area contributed by atoms with Crippen molar-refractivity contribution in [2.75, 3.05) is 6.54 Å². The van der Waals surface area contributed by atoms with E-state index in [0.717, 1.165) is 10.4 Å². The normalized spacial score (nSPS) is 11.1. The summed E-state index contributed by atoms with van der Waals surface area (Å²) in [6, 6.07) is 11.0. The summed E-state index contributed by atoms with van der Waals surface area (Å²) in [5, 5.41) is 7.32. The zero-order valence-electron chi connectivity index (χ0n) is 12.6. The second-order valence-electron chi connectivity index (χ2n) is 4.75. The first-order chi connectivity index (χ1) is 10.6. The van der Waals surface area contributed by atoms with Gasteiger partial charge >= 0.3 is 0 Å². The molecule has 4 nitrogen and oxygen atoms in total. The van der Waals surface area contributed by atoms with Crippen molar-refractivity contribution in [3.63, 3.8) is 0 Å². The number of rotatable bonds is 5. The van der Waals surface area contributed by atoms with Crippen LogP contribution < -0.4 is 10.6 Å². The topological polar surface area (TPSA) is 58.2 Å². The first-order valence-electron chi connectivity index (χ1n) is 7.01. The van der Waals surface area contributed by atoms with Gasteiger partial charge in [0.1, 0.15) is 5.70 Å². The van der Waals surface area contributed by atoms with Gasteiger partial charge in [0.2, 0.25) is 0 Å². The van der Waals surface area contributed by atoms with E-state index in [9.17, 15) is 9.59 Å². The van der Waals surface area contributed by atoms with Crippen LogP contribution in [0.25, 0.3) is 6.08 Å². The van der Waals surface area contributed by atoms with Gasteiger partial charge in [-0.2, -0.15) is 0 Å². The standard InChI is InChI=1S/C17H18N2O2S/c1-3-18-17(21)15(11-14-5-4-10-22-14)19-16(20)13-8-6-12(2)7-9-13/h4-11H,3H2,1-2H3,(H,18,21)(H,19,20)/b15-11-. The summed E-state index contributed by atoms with van der Waals surface area (Å²) < 4.78 is 0. The lowest BCUT2D eigenvalue weighted by atomic mass is 10.1. The van der Waals surface area contributed by atoms with Crippen LogP contribution in [0.5, 0.6) is 0 Å². The van der Waals surface area contributed by atoms with Crippen molar-refractivity contribution < 1.29 is 9.59 Å². The number of amides is 2. The van der Waals surface area contributed by atoms with Crippen molar-refractivity contribution in [3.8, 4) is 0 Å². The average molecular weight is 314 g/mol. The van der Waals surface area contributed by atoms with E-state index in [2.05, 4.69) is 10.6 Å². The minimum Gasteiger partial charge on any atom is -0.351 e. The highest BCUT2D eigenvalue weighted by atomic mass is 32.1. The zero-order valence-corrected chi connectivity index (χ0v) is 13.4. The fourth-order valence-electron chi connectivity index (χ4n) is 1.83. The molecule has 2 rings (SSSR count). The third-order valence-electron chi connectivity index (χ3n) is 2.97. The fraction of sp³-hybridized carbons (Fsp3) is 0.176. The summed E-state index contributed by atoms with van der Waals surface area (Å²) in [5.74, 6) is -0.592. The number of aryl methyl sites for hydroxylation is 1. The number of nitrogens with one attached hydrogen (secondary N) is 2. The molecule has 2 N–H and O–H groups in total. The van der Waals surface area contributed by atoms with E-state index in [-0.39, 0.29) is 17.5 Å². The van der Waals surface area contributed by atoms with Crippen LogP contribution in [0.2, 0.25) is 0 Å². The van der Waals surface area contributed by atoms with Crippen molar-refractivity contribution in [3.05, 3.63) is 63.5 Å². The zero-order chi connectivity index (χ0) is 15.9. The second kappa shape index (κ2) is 7.56. The Morgan fingerprint density at radius 2 is 1.91 bits per heavy atom.